The third-order valence-electron chi connectivity index (χ3n) is 1.86. The van der Waals surface area contributed by atoms with E-state index < -0.39 is 0 Å². The van der Waals surface area contributed by atoms with Gasteiger partial charge in [0.05, 0.1) is 0 Å². The van der Waals surface area contributed by atoms with Gasteiger partial charge in [0.2, 0.25) is 0 Å². The van der Waals surface area contributed by atoms with Crippen molar-refractivity contribution in [2.75, 3.05) is 0 Å². The van der Waals surface area contributed by atoms with Crippen molar-refractivity contribution in [3.05, 3.63) is 11.8 Å². The van der Waals surface area contributed by atoms with Crippen molar-refractivity contribution in [2.24, 2.45) is 11.1 Å². The van der Waals surface area contributed by atoms with Crippen LogP contribution in [0.1, 0.15) is 33.1 Å². The minimum Gasteiger partial charge on any atom is -0.402 e. The van der Waals surface area contributed by atoms with E-state index in [2.05, 4.69) is 19.9 Å². The Kier molecular flexibility index (Phi) is 1.52. The Morgan fingerprint density at radius 3 is 2.56 bits per heavy atom. The van der Waals surface area contributed by atoms with Crippen LogP contribution in [0.3, 0.4) is 0 Å². The zero-order valence-electron chi connectivity index (χ0n) is 6.28. The lowest BCUT2D eigenvalue weighted by molar-refractivity contribution is 0.396. The quantitative estimate of drug-likeness (QED) is 0.526. The van der Waals surface area contributed by atoms with Crippen LogP contribution in [0.25, 0.3) is 0 Å². The lowest BCUT2D eigenvalue weighted by Crippen LogP contribution is -2.16. The van der Waals surface area contributed by atoms with Crippen LogP contribution < -0.4 is 5.73 Å². The van der Waals surface area contributed by atoms with Gasteiger partial charge in [-0.15, -0.1) is 0 Å². The van der Waals surface area contributed by atoms with E-state index in [1.807, 2.05) is 0 Å². The molecule has 0 aromatic heterocycles. The fourth-order valence-corrected chi connectivity index (χ4v) is 1.39. The molecule has 0 aliphatic heterocycles. The maximum Gasteiger partial charge on any atom is 0.00454 e. The van der Waals surface area contributed by atoms with E-state index in [-0.39, 0.29) is 0 Å². The zero-order valence-corrected chi connectivity index (χ0v) is 6.28. The molecule has 0 radical (unpaired) electrons. The third-order valence-corrected chi connectivity index (χ3v) is 1.86. The van der Waals surface area contributed by atoms with E-state index in [1.54, 1.807) is 0 Å². The van der Waals surface area contributed by atoms with E-state index >= 15 is 0 Å². The van der Waals surface area contributed by atoms with E-state index in [4.69, 9.17) is 5.73 Å². The highest BCUT2D eigenvalue weighted by molar-refractivity contribution is 5.07. The predicted molar refractivity (Wildman–Crippen MR) is 39.9 cm³/mol. The normalized spacial score (nSPS) is 25.3. The molecule has 52 valence electrons. The average Bonchev–Trinajstić information content (AvgIpc) is 1.60. The van der Waals surface area contributed by atoms with Gasteiger partial charge in [0.1, 0.15) is 0 Å². The summed E-state index contributed by atoms with van der Waals surface area (Å²) in [6.07, 6.45) is 5.84. The molecular weight excluding hydrogens is 110 g/mol. The molecule has 0 atom stereocenters. The molecule has 0 aromatic rings. The van der Waals surface area contributed by atoms with Crippen molar-refractivity contribution >= 4 is 0 Å². The zero-order chi connectivity index (χ0) is 6.91. The topological polar surface area (TPSA) is 26.0 Å². The summed E-state index contributed by atoms with van der Waals surface area (Å²) in [5, 5.41) is 0. The van der Waals surface area contributed by atoms with Crippen LogP contribution in [-0.2, 0) is 0 Å². The Labute approximate surface area is 56.9 Å². The van der Waals surface area contributed by atoms with Gasteiger partial charge in [-0.3, -0.25) is 0 Å². The largest absolute Gasteiger partial charge is 0.402 e. The highest BCUT2D eigenvalue weighted by atomic mass is 14.6. The Hall–Kier alpha value is -0.460. The number of rotatable bonds is 0. The minimum absolute atomic E-state index is 0.363. The molecule has 0 fully saturated rings. The summed E-state index contributed by atoms with van der Waals surface area (Å²) in [7, 11) is 0. The molecule has 2 N–H and O–H groups in total. The Balaban J connectivity index is 2.68. The van der Waals surface area contributed by atoms with E-state index in [1.165, 1.54) is 12.8 Å². The van der Waals surface area contributed by atoms with Gasteiger partial charge in [0.25, 0.3) is 0 Å². The standard InChI is InChI=1S/C8H15N/c1-8(2)5-3-4-7(9)6-8/h6H,3-5,9H2,1-2H3. The fraction of sp³-hybridized carbons (Fsp3) is 0.750. The van der Waals surface area contributed by atoms with Crippen molar-refractivity contribution in [1.29, 1.82) is 0 Å². The van der Waals surface area contributed by atoms with Crippen molar-refractivity contribution in [1.82, 2.24) is 0 Å². The smallest absolute Gasteiger partial charge is 0.00454 e. The molecule has 0 amide bonds. The maximum atomic E-state index is 5.67. The molecule has 1 rings (SSSR count). The molecule has 1 aliphatic rings. The molecule has 0 saturated carbocycles. The number of allylic oxidation sites excluding steroid dienone is 2. The Morgan fingerprint density at radius 1 is 1.56 bits per heavy atom. The first-order chi connectivity index (χ1) is 4.10. The summed E-state index contributed by atoms with van der Waals surface area (Å²) < 4.78 is 0. The molecule has 0 spiro atoms. The van der Waals surface area contributed by atoms with Gasteiger partial charge in [-0.2, -0.15) is 0 Å². The van der Waals surface area contributed by atoms with Gasteiger partial charge in [-0.1, -0.05) is 19.9 Å². The minimum atomic E-state index is 0.363. The van der Waals surface area contributed by atoms with Crippen molar-refractivity contribution < 1.29 is 0 Å². The first kappa shape index (κ1) is 6.66. The van der Waals surface area contributed by atoms with Crippen molar-refractivity contribution in [3.63, 3.8) is 0 Å². The van der Waals surface area contributed by atoms with Gasteiger partial charge in [-0.25, -0.2) is 0 Å². The van der Waals surface area contributed by atoms with Crippen LogP contribution in [0.4, 0.5) is 0 Å². The van der Waals surface area contributed by atoms with Gasteiger partial charge in [-0.05, 0) is 24.7 Å². The molecule has 0 heterocycles. The van der Waals surface area contributed by atoms with Crippen molar-refractivity contribution in [2.45, 2.75) is 33.1 Å². The van der Waals surface area contributed by atoms with Crippen LogP contribution in [0.2, 0.25) is 0 Å². The second-order valence-electron chi connectivity index (χ2n) is 3.56. The molecule has 0 aromatic carbocycles. The third kappa shape index (κ3) is 1.74. The molecule has 1 aliphatic carbocycles. The van der Waals surface area contributed by atoms with Crippen LogP contribution in [0.15, 0.2) is 11.8 Å². The number of hydrogen-bond acceptors (Lipinski definition) is 1. The van der Waals surface area contributed by atoms with Gasteiger partial charge in [0, 0.05) is 5.70 Å². The molecule has 9 heavy (non-hydrogen) atoms. The average molecular weight is 125 g/mol. The van der Waals surface area contributed by atoms with Gasteiger partial charge in [0.15, 0.2) is 0 Å². The van der Waals surface area contributed by atoms with E-state index in [0.717, 1.165) is 12.1 Å². The molecule has 1 nitrogen and oxygen atoms in total. The monoisotopic (exact) mass is 125 g/mol. The first-order valence-electron chi connectivity index (χ1n) is 3.57. The summed E-state index contributed by atoms with van der Waals surface area (Å²) in [5.74, 6) is 0. The summed E-state index contributed by atoms with van der Waals surface area (Å²) in [4.78, 5) is 0. The van der Waals surface area contributed by atoms with Crippen LogP contribution >= 0.6 is 0 Å². The lowest BCUT2D eigenvalue weighted by atomic mass is 9.82. The fourth-order valence-electron chi connectivity index (χ4n) is 1.39. The molecule has 0 unspecified atom stereocenters. The summed E-state index contributed by atoms with van der Waals surface area (Å²) in [6, 6.07) is 0. The Morgan fingerprint density at radius 2 is 2.22 bits per heavy atom. The predicted octanol–water partition coefficient (Wildman–Crippen LogP) is 2.04. The molecule has 1 heteroatoms. The summed E-state index contributed by atoms with van der Waals surface area (Å²) >= 11 is 0. The highest BCUT2D eigenvalue weighted by Crippen LogP contribution is 2.30. The van der Waals surface area contributed by atoms with Crippen LogP contribution in [0.5, 0.6) is 0 Å². The lowest BCUT2D eigenvalue weighted by Gasteiger charge is -2.25. The summed E-state index contributed by atoms with van der Waals surface area (Å²) in [5.41, 5.74) is 7.11. The SMILES string of the molecule is CC1(C)C=C(N)CCC1. The molecule has 0 saturated heterocycles. The number of hydrogen-bond donors (Lipinski definition) is 1. The highest BCUT2D eigenvalue weighted by Gasteiger charge is 2.18. The van der Waals surface area contributed by atoms with Crippen molar-refractivity contribution in [3.8, 4) is 0 Å². The molecule has 0 bridgehead atoms. The summed E-state index contributed by atoms with van der Waals surface area (Å²) in [6.45, 7) is 4.47. The molecular formula is C8H15N. The first-order valence-corrected chi connectivity index (χ1v) is 3.57. The van der Waals surface area contributed by atoms with Crippen LogP contribution in [0, 0.1) is 5.41 Å². The van der Waals surface area contributed by atoms with E-state index in [9.17, 15) is 0 Å². The maximum absolute atomic E-state index is 5.67. The van der Waals surface area contributed by atoms with Crippen LogP contribution in [-0.4, -0.2) is 0 Å². The Bertz CT molecular complexity index is 134. The van der Waals surface area contributed by atoms with E-state index in [0.29, 0.717) is 5.41 Å². The second kappa shape index (κ2) is 2.05. The van der Waals surface area contributed by atoms with Gasteiger partial charge >= 0.3 is 0 Å². The number of nitrogens with two attached hydrogens (primary N) is 1. The van der Waals surface area contributed by atoms with Gasteiger partial charge < -0.3 is 5.73 Å². The second-order valence-corrected chi connectivity index (χ2v) is 3.56.